The Kier molecular flexibility index (Phi) is 3.94. The zero-order valence-electron chi connectivity index (χ0n) is 11.8. The van der Waals surface area contributed by atoms with Crippen LogP contribution in [0.5, 0.6) is 0 Å². The highest BCUT2D eigenvalue weighted by Crippen LogP contribution is 2.12. The van der Waals surface area contributed by atoms with Gasteiger partial charge in [-0.3, -0.25) is 9.48 Å². The number of rotatable bonds is 5. The summed E-state index contributed by atoms with van der Waals surface area (Å²) in [7, 11) is 1.75. The SMILES string of the molecule is CCCc1nn(C)c2c(=O)n(COC(C)C)nnc12. The first-order chi connectivity index (χ1) is 9.04. The van der Waals surface area contributed by atoms with Crippen molar-refractivity contribution in [2.75, 3.05) is 0 Å². The number of hydrogen-bond donors (Lipinski definition) is 0. The third-order valence-corrected chi connectivity index (χ3v) is 2.80. The van der Waals surface area contributed by atoms with Crippen LogP contribution in [0, 0.1) is 0 Å². The molecular formula is C12H19N5O2. The van der Waals surface area contributed by atoms with E-state index in [0.29, 0.717) is 11.0 Å². The molecule has 19 heavy (non-hydrogen) atoms. The van der Waals surface area contributed by atoms with E-state index in [1.54, 1.807) is 11.7 Å². The summed E-state index contributed by atoms with van der Waals surface area (Å²) in [6.45, 7) is 5.97. The molecule has 0 radical (unpaired) electrons. The second kappa shape index (κ2) is 5.48. The first kappa shape index (κ1) is 13.7. The highest BCUT2D eigenvalue weighted by atomic mass is 16.5. The molecule has 0 aliphatic carbocycles. The molecule has 0 spiro atoms. The van der Waals surface area contributed by atoms with Gasteiger partial charge in [0.2, 0.25) is 0 Å². The van der Waals surface area contributed by atoms with E-state index in [4.69, 9.17) is 4.74 Å². The lowest BCUT2D eigenvalue weighted by atomic mass is 10.2. The summed E-state index contributed by atoms with van der Waals surface area (Å²) >= 11 is 0. The number of aryl methyl sites for hydroxylation is 2. The molecule has 7 heteroatoms. The maximum absolute atomic E-state index is 12.3. The summed E-state index contributed by atoms with van der Waals surface area (Å²) < 4.78 is 8.18. The molecule has 0 N–H and O–H groups in total. The van der Waals surface area contributed by atoms with Gasteiger partial charge in [0.25, 0.3) is 5.56 Å². The lowest BCUT2D eigenvalue weighted by Gasteiger charge is -2.07. The van der Waals surface area contributed by atoms with Crippen LogP contribution in [-0.4, -0.2) is 30.9 Å². The van der Waals surface area contributed by atoms with Crippen molar-refractivity contribution in [3.63, 3.8) is 0 Å². The van der Waals surface area contributed by atoms with Crippen molar-refractivity contribution in [3.8, 4) is 0 Å². The van der Waals surface area contributed by atoms with Crippen LogP contribution < -0.4 is 5.56 Å². The van der Waals surface area contributed by atoms with Gasteiger partial charge in [0.15, 0.2) is 5.52 Å². The van der Waals surface area contributed by atoms with E-state index in [1.165, 1.54) is 4.68 Å². The van der Waals surface area contributed by atoms with Crippen molar-refractivity contribution >= 4 is 11.0 Å². The van der Waals surface area contributed by atoms with E-state index in [1.807, 2.05) is 13.8 Å². The molecule has 0 unspecified atom stereocenters. The quantitative estimate of drug-likeness (QED) is 0.801. The normalized spacial score (nSPS) is 11.6. The summed E-state index contributed by atoms with van der Waals surface area (Å²) in [6.07, 6.45) is 1.78. The van der Waals surface area contributed by atoms with Crippen LogP contribution in [0.2, 0.25) is 0 Å². The van der Waals surface area contributed by atoms with Gasteiger partial charge in [-0.2, -0.15) is 9.78 Å². The second-order valence-corrected chi connectivity index (χ2v) is 4.76. The molecule has 0 aliphatic rings. The Morgan fingerprint density at radius 1 is 1.37 bits per heavy atom. The zero-order chi connectivity index (χ0) is 14.0. The van der Waals surface area contributed by atoms with Gasteiger partial charge in [-0.25, -0.2) is 0 Å². The Morgan fingerprint density at radius 3 is 2.74 bits per heavy atom. The van der Waals surface area contributed by atoms with E-state index < -0.39 is 0 Å². The summed E-state index contributed by atoms with van der Waals surface area (Å²) in [5.74, 6) is 0. The van der Waals surface area contributed by atoms with Crippen molar-refractivity contribution in [3.05, 3.63) is 16.0 Å². The van der Waals surface area contributed by atoms with Crippen LogP contribution in [0.3, 0.4) is 0 Å². The summed E-state index contributed by atoms with van der Waals surface area (Å²) in [5, 5.41) is 12.4. The van der Waals surface area contributed by atoms with Crippen molar-refractivity contribution < 1.29 is 4.74 Å². The van der Waals surface area contributed by atoms with Gasteiger partial charge in [-0.15, -0.1) is 5.10 Å². The molecule has 0 aromatic carbocycles. The maximum atomic E-state index is 12.3. The molecule has 0 saturated heterocycles. The Morgan fingerprint density at radius 2 is 2.11 bits per heavy atom. The molecule has 2 heterocycles. The molecule has 0 aliphatic heterocycles. The zero-order valence-corrected chi connectivity index (χ0v) is 11.8. The average molecular weight is 265 g/mol. The monoisotopic (exact) mass is 265 g/mol. The van der Waals surface area contributed by atoms with Gasteiger partial charge in [-0.05, 0) is 20.3 Å². The Balaban J connectivity index is 2.47. The van der Waals surface area contributed by atoms with Crippen LogP contribution in [0.4, 0.5) is 0 Å². The fourth-order valence-electron chi connectivity index (χ4n) is 1.88. The summed E-state index contributed by atoms with van der Waals surface area (Å²) in [4.78, 5) is 12.3. The lowest BCUT2D eigenvalue weighted by Crippen LogP contribution is -2.27. The third kappa shape index (κ3) is 2.65. The van der Waals surface area contributed by atoms with Crippen LogP contribution in [0.15, 0.2) is 4.79 Å². The Hall–Kier alpha value is -1.76. The molecule has 0 saturated carbocycles. The summed E-state index contributed by atoms with van der Waals surface area (Å²) in [6, 6.07) is 0. The minimum atomic E-state index is -0.219. The van der Waals surface area contributed by atoms with E-state index in [-0.39, 0.29) is 18.4 Å². The first-order valence-corrected chi connectivity index (χ1v) is 6.45. The number of ether oxygens (including phenoxy) is 1. The van der Waals surface area contributed by atoms with Gasteiger partial charge in [-0.1, -0.05) is 18.6 Å². The van der Waals surface area contributed by atoms with Gasteiger partial charge in [0.1, 0.15) is 12.2 Å². The molecule has 104 valence electrons. The highest BCUT2D eigenvalue weighted by Gasteiger charge is 2.15. The van der Waals surface area contributed by atoms with Crippen LogP contribution in [0.25, 0.3) is 11.0 Å². The maximum Gasteiger partial charge on any atom is 0.298 e. The molecular weight excluding hydrogens is 246 g/mol. The topological polar surface area (TPSA) is 74.8 Å². The van der Waals surface area contributed by atoms with E-state index >= 15 is 0 Å². The molecule has 2 aromatic heterocycles. The Bertz CT molecular complexity index is 629. The molecule has 2 rings (SSSR count). The van der Waals surface area contributed by atoms with E-state index in [0.717, 1.165) is 18.5 Å². The number of hydrogen-bond acceptors (Lipinski definition) is 5. The third-order valence-electron chi connectivity index (χ3n) is 2.80. The van der Waals surface area contributed by atoms with Crippen molar-refractivity contribution in [1.82, 2.24) is 24.8 Å². The fraction of sp³-hybridized carbons (Fsp3) is 0.667. The van der Waals surface area contributed by atoms with Crippen LogP contribution in [-0.2, 0) is 24.9 Å². The number of nitrogens with zero attached hydrogens (tertiary/aromatic N) is 5. The van der Waals surface area contributed by atoms with Gasteiger partial charge in [0.05, 0.1) is 11.8 Å². The number of aromatic nitrogens is 5. The highest BCUT2D eigenvalue weighted by molar-refractivity contribution is 5.75. The molecule has 2 aromatic rings. The molecule has 0 atom stereocenters. The standard InChI is InChI=1S/C12H19N5O2/c1-5-6-9-10-11(16(4)14-9)12(18)17(15-13-10)7-19-8(2)3/h8H,5-7H2,1-4H3. The predicted molar refractivity (Wildman–Crippen MR) is 70.8 cm³/mol. The summed E-state index contributed by atoms with van der Waals surface area (Å²) in [5.41, 5.74) is 1.67. The van der Waals surface area contributed by atoms with E-state index in [2.05, 4.69) is 22.3 Å². The van der Waals surface area contributed by atoms with Crippen molar-refractivity contribution in [1.29, 1.82) is 0 Å². The van der Waals surface area contributed by atoms with Gasteiger partial charge >= 0.3 is 0 Å². The molecule has 0 fully saturated rings. The fourth-order valence-corrected chi connectivity index (χ4v) is 1.88. The second-order valence-electron chi connectivity index (χ2n) is 4.76. The lowest BCUT2D eigenvalue weighted by molar-refractivity contribution is 0.0182. The number of fused-ring (bicyclic) bond motifs is 1. The molecule has 0 bridgehead atoms. The van der Waals surface area contributed by atoms with Crippen molar-refractivity contribution in [2.45, 2.75) is 46.4 Å². The van der Waals surface area contributed by atoms with Crippen LogP contribution >= 0.6 is 0 Å². The van der Waals surface area contributed by atoms with E-state index in [9.17, 15) is 4.79 Å². The van der Waals surface area contributed by atoms with Gasteiger partial charge in [0, 0.05) is 7.05 Å². The largest absolute Gasteiger partial charge is 0.356 e. The smallest absolute Gasteiger partial charge is 0.298 e. The molecule has 0 amide bonds. The van der Waals surface area contributed by atoms with Crippen LogP contribution in [0.1, 0.15) is 32.9 Å². The minimum Gasteiger partial charge on any atom is -0.356 e. The minimum absolute atomic E-state index is 0.0339. The average Bonchev–Trinajstić information content (AvgIpc) is 2.66. The van der Waals surface area contributed by atoms with Crippen molar-refractivity contribution in [2.24, 2.45) is 7.05 Å². The first-order valence-electron chi connectivity index (χ1n) is 6.45. The molecule has 7 nitrogen and oxygen atoms in total. The Labute approximate surface area is 111 Å². The predicted octanol–water partition coefficient (Wildman–Crippen LogP) is 0.860. The van der Waals surface area contributed by atoms with Gasteiger partial charge < -0.3 is 4.74 Å².